The number of benzene rings is 2. The van der Waals surface area contributed by atoms with Gasteiger partial charge in [0, 0.05) is 18.7 Å². The summed E-state index contributed by atoms with van der Waals surface area (Å²) in [5.74, 6) is 0.811. The number of carbonyl (C=O) groups excluding carboxylic acids is 3. The molecule has 2 aromatic carbocycles. The molecule has 7 nitrogen and oxygen atoms in total. The maximum atomic E-state index is 12.7. The Morgan fingerprint density at radius 3 is 2.47 bits per heavy atom. The highest BCUT2D eigenvalue weighted by Crippen LogP contribution is 2.35. The van der Waals surface area contributed by atoms with Crippen molar-refractivity contribution in [2.75, 3.05) is 20.2 Å². The van der Waals surface area contributed by atoms with Gasteiger partial charge in [-0.15, -0.1) is 6.58 Å². The normalized spacial score (nSPS) is 17.9. The SMILES string of the molecule is C=C[C@H](C)N1C(=O)S/C(=C\c2ccc(OCc3ccc(C(=O)N4CCCCC4)cc3)c(OC)c2)C1=O. The standard InChI is InChI=1S/C28H30N2O5S/c1-4-19(2)30-27(32)25(36-28(30)33)17-21-10-13-23(24(16-21)34-3)35-18-20-8-11-22(12-9-20)26(31)29-14-6-5-7-15-29/h4,8-13,16-17,19H,1,5-7,14-15,18H2,2-3H3/b25-17-/t19-/m0/s1. The summed E-state index contributed by atoms with van der Waals surface area (Å²) in [7, 11) is 1.55. The summed E-state index contributed by atoms with van der Waals surface area (Å²) in [5.41, 5.74) is 2.34. The van der Waals surface area contributed by atoms with Crippen LogP contribution in [0.25, 0.3) is 6.08 Å². The smallest absolute Gasteiger partial charge is 0.294 e. The highest BCUT2D eigenvalue weighted by Gasteiger charge is 2.37. The summed E-state index contributed by atoms with van der Waals surface area (Å²) in [6.07, 6.45) is 6.55. The van der Waals surface area contributed by atoms with E-state index in [1.165, 1.54) is 11.3 Å². The number of hydrogen-bond donors (Lipinski definition) is 0. The second-order valence-electron chi connectivity index (χ2n) is 8.78. The Labute approximate surface area is 215 Å². The zero-order valence-electron chi connectivity index (χ0n) is 20.6. The van der Waals surface area contributed by atoms with E-state index in [4.69, 9.17) is 9.47 Å². The first-order chi connectivity index (χ1) is 17.4. The minimum absolute atomic E-state index is 0.0798. The number of rotatable bonds is 8. The Morgan fingerprint density at radius 2 is 1.81 bits per heavy atom. The van der Waals surface area contributed by atoms with Gasteiger partial charge in [-0.25, -0.2) is 0 Å². The molecule has 2 aliphatic rings. The molecule has 8 heteroatoms. The third-order valence-corrected chi connectivity index (χ3v) is 7.18. The molecule has 2 aromatic rings. The van der Waals surface area contributed by atoms with E-state index in [0.717, 1.165) is 48.8 Å². The Bertz CT molecular complexity index is 1180. The minimum atomic E-state index is -0.370. The number of imide groups is 1. The summed E-state index contributed by atoms with van der Waals surface area (Å²) < 4.78 is 11.5. The lowest BCUT2D eigenvalue weighted by Crippen LogP contribution is -2.35. The van der Waals surface area contributed by atoms with Gasteiger partial charge < -0.3 is 14.4 Å². The predicted octanol–water partition coefficient (Wildman–Crippen LogP) is 5.51. The van der Waals surface area contributed by atoms with Gasteiger partial charge >= 0.3 is 0 Å². The predicted molar refractivity (Wildman–Crippen MR) is 141 cm³/mol. The number of carbonyl (C=O) groups is 3. The van der Waals surface area contributed by atoms with Crippen LogP contribution in [0, 0.1) is 0 Å². The fraction of sp³-hybridized carbons (Fsp3) is 0.321. The van der Waals surface area contributed by atoms with E-state index >= 15 is 0 Å². The monoisotopic (exact) mass is 506 g/mol. The van der Waals surface area contributed by atoms with E-state index in [-0.39, 0.29) is 23.1 Å². The van der Waals surface area contributed by atoms with Crippen LogP contribution in [0.4, 0.5) is 4.79 Å². The van der Waals surface area contributed by atoms with E-state index < -0.39 is 0 Å². The molecule has 188 valence electrons. The molecule has 1 atom stereocenters. The third-order valence-electron chi connectivity index (χ3n) is 6.30. The molecule has 4 rings (SSSR count). The van der Waals surface area contributed by atoms with Gasteiger partial charge in [0.15, 0.2) is 11.5 Å². The Kier molecular flexibility index (Phi) is 8.15. The number of thioether (sulfide) groups is 1. The van der Waals surface area contributed by atoms with Crippen LogP contribution in [-0.4, -0.2) is 53.1 Å². The van der Waals surface area contributed by atoms with Gasteiger partial charge in [-0.3, -0.25) is 19.3 Å². The van der Waals surface area contributed by atoms with Gasteiger partial charge in [0.25, 0.3) is 17.1 Å². The Hall–Kier alpha value is -3.52. The molecule has 0 radical (unpaired) electrons. The summed E-state index contributed by atoms with van der Waals surface area (Å²) in [4.78, 5) is 41.0. The van der Waals surface area contributed by atoms with Crippen molar-refractivity contribution in [3.8, 4) is 11.5 Å². The van der Waals surface area contributed by atoms with Gasteiger partial charge in [-0.2, -0.15) is 0 Å². The molecule has 2 aliphatic heterocycles. The highest BCUT2D eigenvalue weighted by molar-refractivity contribution is 8.18. The van der Waals surface area contributed by atoms with Crippen molar-refractivity contribution >= 4 is 34.9 Å². The number of likely N-dealkylation sites (tertiary alicyclic amines) is 1. The Morgan fingerprint density at radius 1 is 1.08 bits per heavy atom. The van der Waals surface area contributed by atoms with E-state index in [1.54, 1.807) is 38.3 Å². The lowest BCUT2D eigenvalue weighted by atomic mass is 10.1. The van der Waals surface area contributed by atoms with E-state index in [1.807, 2.05) is 35.2 Å². The van der Waals surface area contributed by atoms with Crippen molar-refractivity contribution in [2.45, 2.75) is 38.8 Å². The van der Waals surface area contributed by atoms with Crippen molar-refractivity contribution in [3.05, 3.63) is 76.7 Å². The number of amides is 3. The number of ether oxygens (including phenoxy) is 2. The molecule has 0 saturated carbocycles. The summed E-state index contributed by atoms with van der Waals surface area (Å²) in [5, 5.41) is -0.311. The van der Waals surface area contributed by atoms with Crippen molar-refractivity contribution in [3.63, 3.8) is 0 Å². The molecule has 0 spiro atoms. The van der Waals surface area contributed by atoms with E-state index in [2.05, 4.69) is 6.58 Å². The molecule has 2 fully saturated rings. The maximum absolute atomic E-state index is 12.7. The number of nitrogens with zero attached hydrogens (tertiary/aromatic N) is 2. The zero-order valence-corrected chi connectivity index (χ0v) is 21.4. The highest BCUT2D eigenvalue weighted by atomic mass is 32.2. The van der Waals surface area contributed by atoms with E-state index in [0.29, 0.717) is 28.6 Å². The van der Waals surface area contributed by atoms with Gasteiger partial charge in [-0.1, -0.05) is 24.3 Å². The lowest BCUT2D eigenvalue weighted by molar-refractivity contribution is -0.123. The topological polar surface area (TPSA) is 76.2 Å². The van der Waals surface area contributed by atoms with Gasteiger partial charge in [0.1, 0.15) is 6.61 Å². The first kappa shape index (κ1) is 25.6. The molecular weight excluding hydrogens is 476 g/mol. The molecule has 0 aliphatic carbocycles. The van der Waals surface area contributed by atoms with Crippen LogP contribution in [0.15, 0.2) is 60.0 Å². The quantitative estimate of drug-likeness (QED) is 0.347. The summed E-state index contributed by atoms with van der Waals surface area (Å²) in [6.45, 7) is 7.38. The largest absolute Gasteiger partial charge is 0.493 e. The van der Waals surface area contributed by atoms with Crippen LogP contribution >= 0.6 is 11.8 Å². The third kappa shape index (κ3) is 5.65. The second kappa shape index (κ2) is 11.5. The number of piperidine rings is 1. The summed E-state index contributed by atoms with van der Waals surface area (Å²) in [6, 6.07) is 12.5. The van der Waals surface area contributed by atoms with Gasteiger partial charge in [0.2, 0.25) is 0 Å². The van der Waals surface area contributed by atoms with Crippen molar-refractivity contribution in [1.29, 1.82) is 0 Å². The molecule has 36 heavy (non-hydrogen) atoms. The average molecular weight is 507 g/mol. The number of methoxy groups -OCH3 is 1. The van der Waals surface area contributed by atoms with Crippen molar-refractivity contribution < 1.29 is 23.9 Å². The van der Waals surface area contributed by atoms with Crippen molar-refractivity contribution in [1.82, 2.24) is 9.80 Å². The molecule has 2 heterocycles. The van der Waals surface area contributed by atoms with Crippen LogP contribution in [0.5, 0.6) is 11.5 Å². The lowest BCUT2D eigenvalue weighted by Gasteiger charge is -2.26. The van der Waals surface area contributed by atoms with E-state index in [9.17, 15) is 14.4 Å². The van der Waals surface area contributed by atoms with Crippen LogP contribution in [-0.2, 0) is 11.4 Å². The first-order valence-corrected chi connectivity index (χ1v) is 12.8. The zero-order chi connectivity index (χ0) is 25.7. The van der Waals surface area contributed by atoms with Gasteiger partial charge in [-0.05, 0) is 79.4 Å². The Balaban J connectivity index is 1.41. The average Bonchev–Trinajstić information content (AvgIpc) is 3.19. The van der Waals surface area contributed by atoms with Crippen LogP contribution < -0.4 is 9.47 Å². The number of hydrogen-bond acceptors (Lipinski definition) is 6. The fourth-order valence-corrected chi connectivity index (χ4v) is 5.08. The second-order valence-corrected chi connectivity index (χ2v) is 9.77. The molecule has 3 amide bonds. The molecule has 0 unspecified atom stereocenters. The molecule has 0 aromatic heterocycles. The van der Waals surface area contributed by atoms with Crippen LogP contribution in [0.1, 0.15) is 47.7 Å². The first-order valence-electron chi connectivity index (χ1n) is 12.0. The molecular formula is C28H30N2O5S. The van der Waals surface area contributed by atoms with Crippen molar-refractivity contribution in [2.24, 2.45) is 0 Å². The molecule has 0 bridgehead atoms. The van der Waals surface area contributed by atoms with Gasteiger partial charge in [0.05, 0.1) is 18.1 Å². The summed E-state index contributed by atoms with van der Waals surface area (Å²) >= 11 is 0.909. The van der Waals surface area contributed by atoms with Crippen LogP contribution in [0.2, 0.25) is 0 Å². The maximum Gasteiger partial charge on any atom is 0.294 e. The minimum Gasteiger partial charge on any atom is -0.493 e. The fourth-order valence-electron chi connectivity index (χ4n) is 4.17. The molecule has 0 N–H and O–H groups in total. The molecule has 2 saturated heterocycles. The van der Waals surface area contributed by atoms with Crippen LogP contribution in [0.3, 0.4) is 0 Å².